The normalized spacial score (nSPS) is 15.8. The molecule has 0 atom stereocenters. The van der Waals surface area contributed by atoms with Crippen molar-refractivity contribution in [2.75, 3.05) is 25.6 Å². The minimum Gasteiger partial charge on any atom is -0.496 e. The number of halogens is 1. The molecule has 1 saturated heterocycles. The zero-order chi connectivity index (χ0) is 19.3. The van der Waals surface area contributed by atoms with Crippen LogP contribution in [0.1, 0.15) is 24.8 Å². The zero-order valence-electron chi connectivity index (χ0n) is 14.9. The Kier molecular flexibility index (Phi) is 6.46. The van der Waals surface area contributed by atoms with E-state index >= 15 is 0 Å². The molecule has 0 unspecified atom stereocenters. The molecule has 0 aliphatic carbocycles. The lowest BCUT2D eigenvalue weighted by Gasteiger charge is -2.25. The molecule has 1 aromatic heterocycles. The molecule has 0 amide bonds. The van der Waals surface area contributed by atoms with Gasteiger partial charge in [0.05, 0.1) is 13.3 Å². The average molecular weight is 453 g/mol. The Morgan fingerprint density at radius 2 is 2.00 bits per heavy atom. The molecule has 0 radical (unpaired) electrons. The monoisotopic (exact) mass is 452 g/mol. The average Bonchev–Trinajstić information content (AvgIpc) is 2.69. The number of nitrogens with zero attached hydrogens (tertiary/aromatic N) is 3. The maximum absolute atomic E-state index is 12.6. The summed E-state index contributed by atoms with van der Waals surface area (Å²) in [6, 6.07) is 8.75. The standard InChI is InChI=1S/C18H21BrN4O3S/c1-26-17-7-5-15(19)11-14(17)12-21-22-18-8-6-16(13-20-18)27(24,25)23-9-3-2-4-10-23/h5-8,11-13H,2-4,9-10H2,1H3,(H,20,22)/b21-12+. The molecule has 7 nitrogen and oxygen atoms in total. The fourth-order valence-corrected chi connectivity index (χ4v) is 4.67. The number of pyridine rings is 1. The highest BCUT2D eigenvalue weighted by atomic mass is 79.9. The third-order valence-electron chi connectivity index (χ3n) is 4.26. The van der Waals surface area contributed by atoms with Crippen molar-refractivity contribution in [2.45, 2.75) is 24.2 Å². The van der Waals surface area contributed by atoms with Crippen LogP contribution in [0.2, 0.25) is 0 Å². The molecule has 1 N–H and O–H groups in total. The molecule has 1 aliphatic heterocycles. The Balaban J connectivity index is 1.68. The van der Waals surface area contributed by atoms with E-state index in [1.54, 1.807) is 25.5 Å². The Morgan fingerprint density at radius 1 is 1.22 bits per heavy atom. The fraction of sp³-hybridized carbons (Fsp3) is 0.333. The van der Waals surface area contributed by atoms with E-state index < -0.39 is 10.0 Å². The van der Waals surface area contributed by atoms with Gasteiger partial charge in [-0.15, -0.1) is 0 Å². The van der Waals surface area contributed by atoms with Crippen LogP contribution in [0.25, 0.3) is 0 Å². The molecule has 0 bridgehead atoms. The number of aromatic nitrogens is 1. The van der Waals surface area contributed by atoms with Gasteiger partial charge >= 0.3 is 0 Å². The van der Waals surface area contributed by atoms with Crippen molar-refractivity contribution in [3.63, 3.8) is 0 Å². The first-order chi connectivity index (χ1) is 13.0. The van der Waals surface area contributed by atoms with Gasteiger partial charge in [0.2, 0.25) is 10.0 Å². The first-order valence-corrected chi connectivity index (χ1v) is 10.8. The molecule has 1 aromatic carbocycles. The van der Waals surface area contributed by atoms with E-state index in [9.17, 15) is 8.42 Å². The van der Waals surface area contributed by atoms with Gasteiger partial charge in [0.25, 0.3) is 0 Å². The third kappa shape index (κ3) is 4.85. The van der Waals surface area contributed by atoms with E-state index in [1.807, 2.05) is 18.2 Å². The largest absolute Gasteiger partial charge is 0.496 e. The molecule has 0 spiro atoms. The van der Waals surface area contributed by atoms with Crippen LogP contribution in [0.3, 0.4) is 0 Å². The van der Waals surface area contributed by atoms with E-state index in [4.69, 9.17) is 4.74 Å². The molecule has 144 valence electrons. The molecule has 0 saturated carbocycles. The molecule has 2 heterocycles. The molecule has 9 heteroatoms. The predicted octanol–water partition coefficient (Wildman–Crippen LogP) is 3.47. The molecule has 2 aromatic rings. The first-order valence-electron chi connectivity index (χ1n) is 8.59. The van der Waals surface area contributed by atoms with E-state index in [-0.39, 0.29) is 4.90 Å². The van der Waals surface area contributed by atoms with E-state index in [0.717, 1.165) is 29.3 Å². The minimum atomic E-state index is -3.47. The lowest BCUT2D eigenvalue weighted by molar-refractivity contribution is 0.346. The summed E-state index contributed by atoms with van der Waals surface area (Å²) in [4.78, 5) is 4.36. The van der Waals surface area contributed by atoms with Gasteiger partial charge in [0.15, 0.2) is 0 Å². The van der Waals surface area contributed by atoms with Crippen molar-refractivity contribution >= 4 is 38.0 Å². The molecular weight excluding hydrogens is 432 g/mol. The highest BCUT2D eigenvalue weighted by Gasteiger charge is 2.26. The lowest BCUT2D eigenvalue weighted by atomic mass is 10.2. The van der Waals surface area contributed by atoms with Crippen molar-refractivity contribution in [3.8, 4) is 5.75 Å². The Hall–Kier alpha value is -1.97. The second kappa shape index (κ2) is 8.81. The molecule has 3 rings (SSSR count). The van der Waals surface area contributed by atoms with Crippen LogP contribution in [-0.2, 0) is 10.0 Å². The van der Waals surface area contributed by atoms with E-state index in [2.05, 4.69) is 31.4 Å². The second-order valence-electron chi connectivity index (χ2n) is 6.10. The maximum atomic E-state index is 12.6. The SMILES string of the molecule is COc1ccc(Br)cc1/C=N/Nc1ccc(S(=O)(=O)N2CCCCC2)cn1. The van der Waals surface area contributed by atoms with Crippen molar-refractivity contribution < 1.29 is 13.2 Å². The Labute approximate surface area is 167 Å². The van der Waals surface area contributed by atoms with Crippen molar-refractivity contribution in [3.05, 3.63) is 46.6 Å². The van der Waals surface area contributed by atoms with Gasteiger partial charge < -0.3 is 4.74 Å². The molecule has 1 fully saturated rings. The highest BCUT2D eigenvalue weighted by Crippen LogP contribution is 2.22. The number of benzene rings is 1. The van der Waals surface area contributed by atoms with Gasteiger partial charge in [0.1, 0.15) is 16.5 Å². The Morgan fingerprint density at radius 3 is 2.67 bits per heavy atom. The van der Waals surface area contributed by atoms with Gasteiger partial charge in [-0.05, 0) is 43.2 Å². The van der Waals surface area contributed by atoms with Gasteiger partial charge in [-0.2, -0.15) is 9.41 Å². The fourth-order valence-electron chi connectivity index (χ4n) is 2.83. The zero-order valence-corrected chi connectivity index (χ0v) is 17.3. The smallest absolute Gasteiger partial charge is 0.244 e. The number of hydrazone groups is 1. The lowest BCUT2D eigenvalue weighted by Crippen LogP contribution is -2.35. The summed E-state index contributed by atoms with van der Waals surface area (Å²) in [5.41, 5.74) is 3.60. The van der Waals surface area contributed by atoms with E-state index in [1.165, 1.54) is 10.5 Å². The van der Waals surface area contributed by atoms with Crippen molar-refractivity contribution in [1.82, 2.24) is 9.29 Å². The van der Waals surface area contributed by atoms with Crippen LogP contribution in [-0.4, -0.2) is 44.1 Å². The summed E-state index contributed by atoms with van der Waals surface area (Å²) in [7, 11) is -1.88. The van der Waals surface area contributed by atoms with Crippen LogP contribution in [0, 0.1) is 0 Å². The number of hydrogen-bond donors (Lipinski definition) is 1. The molecular formula is C18H21BrN4O3S. The summed E-state index contributed by atoms with van der Waals surface area (Å²) >= 11 is 3.41. The highest BCUT2D eigenvalue weighted by molar-refractivity contribution is 9.10. The number of nitrogens with one attached hydrogen (secondary N) is 1. The number of ether oxygens (including phenoxy) is 1. The van der Waals surface area contributed by atoms with Crippen molar-refractivity contribution in [2.24, 2.45) is 5.10 Å². The first kappa shape index (κ1) is 19.8. The van der Waals surface area contributed by atoms with Crippen LogP contribution < -0.4 is 10.2 Å². The summed E-state index contributed by atoms with van der Waals surface area (Å²) in [5.74, 6) is 1.15. The third-order valence-corrected chi connectivity index (χ3v) is 6.64. The maximum Gasteiger partial charge on any atom is 0.244 e. The van der Waals surface area contributed by atoms with Gasteiger partial charge in [-0.3, -0.25) is 5.43 Å². The van der Waals surface area contributed by atoms with Gasteiger partial charge in [-0.25, -0.2) is 13.4 Å². The van der Waals surface area contributed by atoms with Crippen molar-refractivity contribution in [1.29, 1.82) is 0 Å². The van der Waals surface area contributed by atoms with Gasteiger partial charge in [0, 0.05) is 29.3 Å². The summed E-state index contributed by atoms with van der Waals surface area (Å²) in [6.45, 7) is 1.14. The topological polar surface area (TPSA) is 83.9 Å². The quantitative estimate of drug-likeness (QED) is 0.535. The predicted molar refractivity (Wildman–Crippen MR) is 109 cm³/mol. The van der Waals surface area contributed by atoms with Crippen LogP contribution >= 0.6 is 15.9 Å². The number of anilines is 1. The Bertz CT molecular complexity index is 911. The van der Waals surface area contributed by atoms with Crippen LogP contribution in [0.15, 0.2) is 51.0 Å². The summed E-state index contributed by atoms with van der Waals surface area (Å²) in [6.07, 6.45) is 5.86. The summed E-state index contributed by atoms with van der Waals surface area (Å²) in [5, 5.41) is 4.15. The second-order valence-corrected chi connectivity index (χ2v) is 8.95. The molecule has 27 heavy (non-hydrogen) atoms. The van der Waals surface area contributed by atoms with Gasteiger partial charge in [-0.1, -0.05) is 22.4 Å². The minimum absolute atomic E-state index is 0.201. The number of rotatable bonds is 6. The summed E-state index contributed by atoms with van der Waals surface area (Å²) < 4.78 is 33.0. The number of sulfonamides is 1. The van der Waals surface area contributed by atoms with Crippen LogP contribution in [0.5, 0.6) is 5.75 Å². The molecule has 1 aliphatic rings. The number of methoxy groups -OCH3 is 1. The van der Waals surface area contributed by atoms with E-state index in [0.29, 0.717) is 24.7 Å². The number of hydrogen-bond acceptors (Lipinski definition) is 6. The van der Waals surface area contributed by atoms with Crippen LogP contribution in [0.4, 0.5) is 5.82 Å². The number of piperidine rings is 1.